The number of rotatable bonds is 13. The maximum Gasteiger partial charge on any atom is 0.410 e. The second kappa shape index (κ2) is 18.7. The highest BCUT2D eigenvalue weighted by Gasteiger charge is 2.61. The number of nitrogens with one attached hydrogen (secondary N) is 3. The van der Waals surface area contributed by atoms with Crippen LogP contribution in [-0.4, -0.2) is 56.5 Å². The molecule has 304 valence electrons. The van der Waals surface area contributed by atoms with Crippen molar-refractivity contribution in [3.8, 4) is 11.8 Å². The molecule has 1 fully saturated rings. The maximum absolute atomic E-state index is 16.0. The Morgan fingerprint density at radius 2 is 1.67 bits per heavy atom. The number of benzene rings is 4. The number of amides is 2. The number of alkyl carbamates (subject to hydrolysis) is 1. The molecule has 1 saturated heterocycles. The number of carbonyl (C=O) groups excluding carboxylic acids is 4. The Hall–Kier alpha value is -5.75. The summed E-state index contributed by atoms with van der Waals surface area (Å²) >= 11 is 12.3. The molecule has 12 nitrogen and oxygen atoms in total. The maximum atomic E-state index is 16.0. The summed E-state index contributed by atoms with van der Waals surface area (Å²) in [6.07, 6.45) is -0.779. The van der Waals surface area contributed by atoms with E-state index in [2.05, 4.69) is 22.0 Å². The van der Waals surface area contributed by atoms with Crippen LogP contribution < -0.4 is 20.7 Å². The molecule has 4 atom stereocenters. The van der Waals surface area contributed by atoms with Crippen LogP contribution >= 0.6 is 23.2 Å². The van der Waals surface area contributed by atoms with E-state index in [0.717, 1.165) is 11.6 Å². The van der Waals surface area contributed by atoms with Gasteiger partial charge in [0.15, 0.2) is 0 Å². The van der Waals surface area contributed by atoms with Crippen LogP contribution in [-0.2, 0) is 35.8 Å². The monoisotopic (exact) mass is 836 g/mol. The van der Waals surface area contributed by atoms with Gasteiger partial charge in [-0.25, -0.2) is 18.4 Å². The molecule has 5 rings (SSSR count). The van der Waals surface area contributed by atoms with Gasteiger partial charge in [-0.2, -0.15) is 5.26 Å². The van der Waals surface area contributed by atoms with Crippen molar-refractivity contribution in [1.29, 1.82) is 5.26 Å². The van der Waals surface area contributed by atoms with E-state index in [9.17, 15) is 24.4 Å². The average molecular weight is 838 g/mol. The number of esters is 2. The molecule has 1 aliphatic heterocycles. The zero-order valence-electron chi connectivity index (χ0n) is 31.9. The van der Waals surface area contributed by atoms with Gasteiger partial charge in [-0.1, -0.05) is 92.5 Å². The average Bonchev–Trinajstić information content (AvgIpc) is 3.50. The quantitative estimate of drug-likeness (QED) is 0.0893. The number of ether oxygens (including phenoxy) is 4. The Kier molecular flexibility index (Phi) is 14.0. The zero-order valence-corrected chi connectivity index (χ0v) is 33.4. The molecule has 0 aliphatic carbocycles. The van der Waals surface area contributed by atoms with E-state index in [4.69, 9.17) is 42.1 Å². The Balaban J connectivity index is 1.33. The van der Waals surface area contributed by atoms with Crippen molar-refractivity contribution in [1.82, 2.24) is 10.6 Å². The minimum atomic E-state index is -1.85. The van der Waals surface area contributed by atoms with Gasteiger partial charge in [0, 0.05) is 22.5 Å². The van der Waals surface area contributed by atoms with Crippen LogP contribution in [0, 0.1) is 28.4 Å². The third kappa shape index (κ3) is 10.0. The molecule has 4 aromatic rings. The van der Waals surface area contributed by atoms with Crippen LogP contribution in [0.15, 0.2) is 84.9 Å². The molecule has 0 radical (unpaired) electrons. The van der Waals surface area contributed by atoms with E-state index < -0.39 is 77.7 Å². The number of hydrogen-bond acceptors (Lipinski definition) is 10. The van der Waals surface area contributed by atoms with Gasteiger partial charge < -0.3 is 34.9 Å². The Labute approximate surface area is 343 Å². The first-order chi connectivity index (χ1) is 27.6. The smallest absolute Gasteiger partial charge is 0.410 e. The Bertz CT molecular complexity index is 2220. The Morgan fingerprint density at radius 3 is 2.34 bits per heavy atom. The van der Waals surface area contributed by atoms with E-state index in [-0.39, 0.29) is 51.2 Å². The lowest BCUT2D eigenvalue weighted by Crippen LogP contribution is -2.45. The first kappa shape index (κ1) is 43.4. The van der Waals surface area contributed by atoms with Gasteiger partial charge in [0.2, 0.25) is 12.7 Å². The number of anilines is 1. The number of carbonyl (C=O) groups is 4. The molecule has 1 unspecified atom stereocenters. The van der Waals surface area contributed by atoms with Crippen LogP contribution in [0.3, 0.4) is 0 Å². The minimum absolute atomic E-state index is 0.0143. The highest BCUT2D eigenvalue weighted by Crippen LogP contribution is 2.53. The lowest BCUT2D eigenvalue weighted by atomic mass is 9.62. The summed E-state index contributed by atoms with van der Waals surface area (Å²) in [4.78, 5) is 51.2. The van der Waals surface area contributed by atoms with Gasteiger partial charge >= 0.3 is 18.0 Å². The molecule has 16 heteroatoms. The van der Waals surface area contributed by atoms with Crippen LogP contribution in [0.2, 0.25) is 10.0 Å². The predicted molar refractivity (Wildman–Crippen MR) is 210 cm³/mol. The summed E-state index contributed by atoms with van der Waals surface area (Å²) < 4.78 is 52.4. The number of nitrogens with zero attached hydrogens (tertiary/aromatic N) is 1. The summed E-state index contributed by atoms with van der Waals surface area (Å²) in [7, 11) is 1.29. The molecule has 0 spiro atoms. The van der Waals surface area contributed by atoms with Crippen molar-refractivity contribution in [2.24, 2.45) is 5.41 Å². The summed E-state index contributed by atoms with van der Waals surface area (Å²) in [6, 6.07) is 21.0. The van der Waals surface area contributed by atoms with Crippen molar-refractivity contribution in [2.75, 3.05) is 25.8 Å². The lowest BCUT2D eigenvalue weighted by molar-refractivity contribution is -0.143. The fourth-order valence-electron chi connectivity index (χ4n) is 6.89. The molecular formula is C42H40Cl2F2N4O8. The zero-order chi connectivity index (χ0) is 42.2. The fourth-order valence-corrected chi connectivity index (χ4v) is 7.23. The molecule has 0 aromatic heterocycles. The standard InChI is InChI=1S/C42H40Cl2F2N4O8/c1-41(2,3)19-33-42(22-47,28-15-14-26(43)18-30(28)45)35(27-11-8-12-29(44)36(27)46)37(50-33)38(52)49-31-16-13-25(17-32(31)55-4)39(53)57-23-58-40(54)48-20-34(51)56-21-24-9-6-5-7-10-24/h5-18,33,35,37,50H,19-21,23H2,1-4H3,(H,48,54)(H,49,52)/t33-,35?,37+,42-/m0/s1. The number of methoxy groups -OCH3 is 1. The number of nitriles is 1. The lowest BCUT2D eigenvalue weighted by Gasteiger charge is -2.37. The molecule has 4 aromatic carbocycles. The second-order valence-corrected chi connectivity index (χ2v) is 15.4. The first-order valence-electron chi connectivity index (χ1n) is 17.9. The van der Waals surface area contributed by atoms with Crippen molar-refractivity contribution in [3.05, 3.63) is 129 Å². The van der Waals surface area contributed by atoms with Gasteiger partial charge in [0.25, 0.3) is 0 Å². The number of hydrogen-bond donors (Lipinski definition) is 3. The van der Waals surface area contributed by atoms with Crippen molar-refractivity contribution in [3.63, 3.8) is 0 Å². The first-order valence-corrected chi connectivity index (χ1v) is 18.7. The molecule has 2 amide bonds. The normalized spacial score (nSPS) is 18.7. The molecular weight excluding hydrogens is 797 g/mol. The molecule has 0 saturated carbocycles. The summed E-state index contributed by atoms with van der Waals surface area (Å²) in [5.41, 5.74) is -1.66. The van der Waals surface area contributed by atoms with Crippen molar-refractivity contribution >= 4 is 52.8 Å². The van der Waals surface area contributed by atoms with Crippen LogP contribution in [0.5, 0.6) is 5.75 Å². The van der Waals surface area contributed by atoms with E-state index in [1.807, 2.05) is 26.8 Å². The Morgan fingerprint density at radius 1 is 0.931 bits per heavy atom. The topological polar surface area (TPSA) is 165 Å². The third-order valence-corrected chi connectivity index (χ3v) is 9.95. The predicted octanol–water partition coefficient (Wildman–Crippen LogP) is 7.82. The van der Waals surface area contributed by atoms with Gasteiger partial charge in [-0.15, -0.1) is 0 Å². The summed E-state index contributed by atoms with van der Waals surface area (Å²) in [5.74, 6) is -5.35. The van der Waals surface area contributed by atoms with Crippen LogP contribution in [0.25, 0.3) is 0 Å². The molecule has 1 aliphatic rings. The SMILES string of the molecule is COc1cc(C(=O)OCOC(=O)NCC(=O)OCc2ccccc2)ccc1NC(=O)[C@@H]1N[C@@H](CC(C)(C)C)[C@](C#N)(c2ccc(Cl)cc2F)C1c1cccc(Cl)c1F. The summed E-state index contributed by atoms with van der Waals surface area (Å²) in [5, 5.41) is 19.1. The fraction of sp³-hybridized carbons (Fsp3) is 0.310. The summed E-state index contributed by atoms with van der Waals surface area (Å²) in [6.45, 7) is 4.49. The number of halogens is 4. The van der Waals surface area contributed by atoms with Crippen molar-refractivity contribution < 1.29 is 46.9 Å². The van der Waals surface area contributed by atoms with E-state index in [0.29, 0.717) is 0 Å². The highest BCUT2D eigenvalue weighted by molar-refractivity contribution is 6.31. The minimum Gasteiger partial charge on any atom is -0.495 e. The van der Waals surface area contributed by atoms with Gasteiger partial charge in [0.1, 0.15) is 36.0 Å². The van der Waals surface area contributed by atoms with Gasteiger partial charge in [0.05, 0.1) is 35.5 Å². The molecule has 3 N–H and O–H groups in total. The third-order valence-electron chi connectivity index (χ3n) is 9.43. The molecule has 0 bridgehead atoms. The largest absolute Gasteiger partial charge is 0.495 e. The van der Waals surface area contributed by atoms with E-state index in [1.54, 1.807) is 24.3 Å². The van der Waals surface area contributed by atoms with E-state index >= 15 is 8.78 Å². The van der Waals surface area contributed by atoms with Crippen LogP contribution in [0.1, 0.15) is 60.2 Å². The highest BCUT2D eigenvalue weighted by atomic mass is 35.5. The van der Waals surface area contributed by atoms with Gasteiger partial charge in [-0.05, 0) is 59.4 Å². The van der Waals surface area contributed by atoms with Crippen molar-refractivity contribution in [2.45, 2.75) is 57.2 Å². The second-order valence-electron chi connectivity index (χ2n) is 14.6. The molecule has 1 heterocycles. The van der Waals surface area contributed by atoms with Gasteiger partial charge in [-0.3, -0.25) is 9.59 Å². The van der Waals surface area contributed by atoms with E-state index in [1.165, 1.54) is 55.6 Å². The van der Waals surface area contributed by atoms with Crippen LogP contribution in [0.4, 0.5) is 19.3 Å². The molecule has 58 heavy (non-hydrogen) atoms.